The predicted octanol–water partition coefficient (Wildman–Crippen LogP) is 14.5. The number of halogens is 13. The van der Waals surface area contributed by atoms with Crippen molar-refractivity contribution in [1.29, 1.82) is 10.5 Å². The van der Waals surface area contributed by atoms with Crippen LogP contribution in [0, 0.1) is 28.1 Å². The van der Waals surface area contributed by atoms with Crippen LogP contribution in [0.15, 0.2) is 97.1 Å². The van der Waals surface area contributed by atoms with E-state index in [0.29, 0.717) is 56.4 Å². The van der Waals surface area contributed by atoms with E-state index in [1.807, 2.05) is 24.3 Å². The van der Waals surface area contributed by atoms with E-state index >= 15 is 0 Å². The molecule has 1 heterocycles. The average molecular weight is 1180 g/mol. The summed E-state index contributed by atoms with van der Waals surface area (Å²) in [7, 11) is -7.09. The van der Waals surface area contributed by atoms with Gasteiger partial charge in [0.2, 0.25) is 10.0 Å². The Kier molecular flexibility index (Phi) is 19.4. The zero-order chi connectivity index (χ0) is 58.5. The molecule has 0 amide bonds. The van der Waals surface area contributed by atoms with Gasteiger partial charge in [0.1, 0.15) is 5.54 Å². The zero-order valence-corrected chi connectivity index (χ0v) is 45.3. The monoisotopic (exact) mass is 1180 g/mol. The van der Waals surface area contributed by atoms with E-state index in [2.05, 4.69) is 12.1 Å². The number of benzene rings is 4. The SMILES string of the molecule is C[C@@H](OCC1(c2ccccc2)CCC(C#N)(CS(=O)(=O)CCCCl)CC1)c1cc(C(F)(F)F)cc(C(F)(F)F)c1.C[C@@H](OCC1(c2ccccc2)CCC(C#N)(N2CCCS2(=O)=O)CC1)c1cc(C(F)(F)F)cc(C(F)(F)F)c1. The second kappa shape index (κ2) is 24.3. The molecule has 79 heavy (non-hydrogen) atoms. The first-order chi connectivity index (χ1) is 36.7. The summed E-state index contributed by atoms with van der Waals surface area (Å²) in [4.78, 5) is 0. The minimum Gasteiger partial charge on any atom is -0.373 e. The van der Waals surface area contributed by atoms with Crippen LogP contribution in [0.25, 0.3) is 0 Å². The summed E-state index contributed by atoms with van der Waals surface area (Å²) in [6.07, 6.45) is -19.1. The van der Waals surface area contributed by atoms with Gasteiger partial charge in [-0.15, -0.1) is 11.6 Å². The van der Waals surface area contributed by atoms with Crippen molar-refractivity contribution in [3.8, 4) is 12.1 Å². The fourth-order valence-corrected chi connectivity index (χ4v) is 14.8. The van der Waals surface area contributed by atoms with Crippen molar-refractivity contribution in [3.63, 3.8) is 0 Å². The van der Waals surface area contributed by atoms with E-state index in [0.717, 1.165) is 11.1 Å². The number of nitriles is 2. The van der Waals surface area contributed by atoms with Gasteiger partial charge in [-0.05, 0) is 137 Å². The van der Waals surface area contributed by atoms with Crippen molar-refractivity contribution < 1.29 is 79.0 Å². The first-order valence-electron chi connectivity index (χ1n) is 25.2. The van der Waals surface area contributed by atoms with Gasteiger partial charge in [-0.3, -0.25) is 0 Å². The summed E-state index contributed by atoms with van der Waals surface area (Å²) in [5.41, 5.74) is -8.27. The van der Waals surface area contributed by atoms with E-state index < -0.39 is 101 Å². The number of hydrogen-bond acceptors (Lipinski definition) is 8. The van der Waals surface area contributed by atoms with E-state index in [9.17, 15) is 80.0 Å². The second-order valence-electron chi connectivity index (χ2n) is 20.8. The number of alkyl halides is 13. The molecule has 4 aromatic carbocycles. The highest BCUT2D eigenvalue weighted by atomic mass is 35.5. The fraction of sp³-hybridized carbons (Fsp3) is 0.527. The Balaban J connectivity index is 0.000000255. The van der Waals surface area contributed by atoms with Crippen LogP contribution in [0.1, 0.15) is 135 Å². The largest absolute Gasteiger partial charge is 0.416 e. The summed E-state index contributed by atoms with van der Waals surface area (Å²) in [5.74, 6) is -0.263. The van der Waals surface area contributed by atoms with Gasteiger partial charge in [0.05, 0.1) is 82.5 Å². The van der Waals surface area contributed by atoms with Crippen LogP contribution in [0.5, 0.6) is 0 Å². The molecule has 4 aromatic rings. The van der Waals surface area contributed by atoms with Gasteiger partial charge in [0, 0.05) is 23.3 Å². The van der Waals surface area contributed by atoms with Gasteiger partial charge in [-0.2, -0.15) is 67.5 Å². The lowest BCUT2D eigenvalue weighted by atomic mass is 9.62. The van der Waals surface area contributed by atoms with Crippen molar-refractivity contribution >= 4 is 31.5 Å². The van der Waals surface area contributed by atoms with Crippen molar-refractivity contribution in [2.24, 2.45) is 5.41 Å². The Morgan fingerprint density at radius 3 is 1.30 bits per heavy atom. The third kappa shape index (κ3) is 15.4. The molecule has 0 unspecified atom stereocenters. The van der Waals surface area contributed by atoms with E-state index in [-0.39, 0.29) is 98.3 Å². The maximum Gasteiger partial charge on any atom is 0.416 e. The van der Waals surface area contributed by atoms with Gasteiger partial charge in [0.25, 0.3) is 0 Å². The molecule has 9 nitrogen and oxygen atoms in total. The lowest BCUT2D eigenvalue weighted by Gasteiger charge is -2.46. The van der Waals surface area contributed by atoms with Crippen LogP contribution in [-0.2, 0) is 64.9 Å². The number of rotatable bonds is 16. The number of nitrogens with zero attached hydrogens (tertiary/aromatic N) is 3. The van der Waals surface area contributed by atoms with Crippen LogP contribution in [0.3, 0.4) is 0 Å². The summed E-state index contributed by atoms with van der Waals surface area (Å²) in [5, 5.41) is 20.0. The summed E-state index contributed by atoms with van der Waals surface area (Å²) in [6, 6.07) is 25.4. The first-order valence-corrected chi connectivity index (χ1v) is 29.2. The summed E-state index contributed by atoms with van der Waals surface area (Å²) >= 11 is 5.64. The van der Waals surface area contributed by atoms with Crippen molar-refractivity contribution in [2.75, 3.05) is 42.9 Å². The molecule has 1 aliphatic heterocycles. The molecule has 2 atom stereocenters. The first kappa shape index (κ1) is 63.3. The maximum atomic E-state index is 13.4. The highest BCUT2D eigenvalue weighted by Crippen LogP contribution is 2.50. The quantitative estimate of drug-likeness (QED) is 0.0799. The Morgan fingerprint density at radius 2 is 0.987 bits per heavy atom. The molecule has 0 N–H and O–H groups in total. The number of sulfone groups is 1. The van der Waals surface area contributed by atoms with Crippen LogP contribution in [0.2, 0.25) is 0 Å². The minimum atomic E-state index is -4.98. The van der Waals surface area contributed by atoms with Crippen LogP contribution in [-0.4, -0.2) is 69.6 Å². The average Bonchev–Trinajstić information content (AvgIpc) is 3.85. The van der Waals surface area contributed by atoms with Crippen LogP contribution >= 0.6 is 11.6 Å². The molecule has 2 aliphatic carbocycles. The molecule has 7 rings (SSSR count). The Hall–Kier alpha value is -4.91. The second-order valence-corrected chi connectivity index (χ2v) is 25.4. The topological polar surface area (TPSA) is 138 Å². The zero-order valence-electron chi connectivity index (χ0n) is 42.9. The molecule has 432 valence electrons. The molecule has 2 saturated carbocycles. The molecule has 1 saturated heterocycles. The number of ether oxygens (including phenoxy) is 2. The maximum absolute atomic E-state index is 13.4. The molecular weight excluding hydrogens is 1130 g/mol. The van der Waals surface area contributed by atoms with Crippen molar-refractivity contribution in [2.45, 2.75) is 131 Å². The fourth-order valence-electron chi connectivity index (χ4n) is 10.7. The molecule has 24 heteroatoms. The molecule has 3 aliphatic rings. The Labute approximate surface area is 456 Å². The number of hydrogen-bond donors (Lipinski definition) is 0. The lowest BCUT2D eigenvalue weighted by molar-refractivity contribution is -0.145. The number of sulfonamides is 1. The summed E-state index contributed by atoms with van der Waals surface area (Å²) < 4.78 is 224. The molecular formula is C55H58ClF12N3O6S2. The molecule has 0 spiro atoms. The van der Waals surface area contributed by atoms with E-state index in [1.165, 1.54) is 18.2 Å². The normalized spacial score (nSPS) is 24.8. The van der Waals surface area contributed by atoms with Crippen molar-refractivity contribution in [3.05, 3.63) is 142 Å². The molecule has 0 radical (unpaired) electrons. The Bertz CT molecular complexity index is 2970. The van der Waals surface area contributed by atoms with Gasteiger partial charge in [-0.25, -0.2) is 16.8 Å². The molecule has 0 bridgehead atoms. The smallest absolute Gasteiger partial charge is 0.373 e. The van der Waals surface area contributed by atoms with E-state index in [1.54, 1.807) is 36.4 Å². The van der Waals surface area contributed by atoms with Gasteiger partial charge >= 0.3 is 24.7 Å². The standard InChI is InChI=1S/C28H30ClF6NO3S.C27H28F6N2O3S/c1-20(21-14-23(27(30,31)32)16-24(15-21)28(33,34)35)39-18-26(22-6-3-2-4-7-22)10-8-25(17-36,9-11-26)19-40(37,38)13-5-12-29;1-19(20-14-22(26(28,29)30)16-23(15-20)27(31,32)33)38-18-24(21-6-3-2-4-7-21)8-10-25(17-34,11-9-24)35-12-5-13-39(35,36)37/h2-4,6-7,14-16,20H,5,8-13,18-19H2,1H3;2-4,6-7,14-16,19H,5,8-13,18H2,1H3/t20-,25?,26?;19-,24?,25?/m11/s1. The van der Waals surface area contributed by atoms with Gasteiger partial charge in [0.15, 0.2) is 9.84 Å². The molecule has 3 fully saturated rings. The molecule has 0 aromatic heterocycles. The minimum absolute atomic E-state index is 0.0161. The van der Waals surface area contributed by atoms with Gasteiger partial charge in [-0.1, -0.05) is 60.7 Å². The van der Waals surface area contributed by atoms with E-state index in [4.69, 9.17) is 21.1 Å². The predicted molar refractivity (Wildman–Crippen MR) is 270 cm³/mol. The van der Waals surface area contributed by atoms with Gasteiger partial charge < -0.3 is 9.47 Å². The third-order valence-electron chi connectivity index (χ3n) is 15.5. The van der Waals surface area contributed by atoms with Crippen LogP contribution in [0.4, 0.5) is 52.7 Å². The highest BCUT2D eigenvalue weighted by Gasteiger charge is 2.53. The Morgan fingerprint density at radius 1 is 0.608 bits per heavy atom. The highest BCUT2D eigenvalue weighted by molar-refractivity contribution is 7.91. The van der Waals surface area contributed by atoms with Crippen molar-refractivity contribution in [1.82, 2.24) is 4.31 Å². The third-order valence-corrected chi connectivity index (χ3v) is 19.6. The van der Waals surface area contributed by atoms with Crippen LogP contribution < -0.4 is 0 Å². The lowest BCUT2D eigenvalue weighted by Crippen LogP contribution is -2.53. The summed E-state index contributed by atoms with van der Waals surface area (Å²) in [6.45, 7) is 2.97.